The Balaban J connectivity index is 1.56. The Labute approximate surface area is 114 Å². The van der Waals surface area contributed by atoms with Gasteiger partial charge in [-0.15, -0.1) is 0 Å². The third-order valence-electron chi connectivity index (χ3n) is 4.67. The third kappa shape index (κ3) is 2.69. The minimum absolute atomic E-state index is 0.332. The minimum Gasteiger partial charge on any atom is -0.376 e. The fraction of sp³-hybridized carbons (Fsp3) is 0.929. The Morgan fingerprint density at radius 2 is 2.17 bits per heavy atom. The summed E-state index contributed by atoms with van der Waals surface area (Å²) in [7, 11) is 0. The molecule has 2 atom stereocenters. The van der Waals surface area contributed by atoms with Crippen LogP contribution in [0.5, 0.6) is 0 Å². The van der Waals surface area contributed by atoms with Gasteiger partial charge in [-0.25, -0.2) is 0 Å². The van der Waals surface area contributed by atoms with Gasteiger partial charge in [0.1, 0.15) is 0 Å². The molecule has 1 saturated heterocycles. The van der Waals surface area contributed by atoms with Gasteiger partial charge >= 0.3 is 0 Å². The zero-order chi connectivity index (χ0) is 12.4. The molecule has 1 saturated carbocycles. The van der Waals surface area contributed by atoms with Gasteiger partial charge in [0.2, 0.25) is 0 Å². The first-order valence-corrected chi connectivity index (χ1v) is 8.31. The molecule has 3 rings (SSSR count). The predicted octanol–water partition coefficient (Wildman–Crippen LogP) is 2.81. The molecule has 3 nitrogen and oxygen atoms in total. The van der Waals surface area contributed by atoms with Gasteiger partial charge in [0.25, 0.3) is 0 Å². The van der Waals surface area contributed by atoms with E-state index in [9.17, 15) is 0 Å². The fourth-order valence-corrected chi connectivity index (χ4v) is 4.54. The van der Waals surface area contributed by atoms with Crippen molar-refractivity contribution in [2.45, 2.75) is 57.6 Å². The van der Waals surface area contributed by atoms with Crippen LogP contribution in [0, 0.1) is 5.41 Å². The number of rotatable bonds is 1. The second-order valence-electron chi connectivity index (χ2n) is 6.09. The van der Waals surface area contributed by atoms with Crippen molar-refractivity contribution >= 4 is 16.9 Å². The van der Waals surface area contributed by atoms with Gasteiger partial charge in [-0.05, 0) is 31.6 Å². The van der Waals surface area contributed by atoms with Crippen molar-refractivity contribution in [1.82, 2.24) is 5.32 Å². The zero-order valence-electron chi connectivity index (χ0n) is 11.3. The second-order valence-corrected chi connectivity index (χ2v) is 7.05. The number of hydrogen-bond acceptors (Lipinski definition) is 4. The average Bonchev–Trinajstić information content (AvgIpc) is 2.79. The highest BCUT2D eigenvalue weighted by Gasteiger charge is 2.35. The zero-order valence-corrected chi connectivity index (χ0v) is 12.1. The van der Waals surface area contributed by atoms with Crippen molar-refractivity contribution in [3.8, 4) is 0 Å². The van der Waals surface area contributed by atoms with Crippen LogP contribution in [-0.2, 0) is 4.74 Å². The lowest BCUT2D eigenvalue weighted by Gasteiger charge is -2.38. The van der Waals surface area contributed by atoms with Crippen molar-refractivity contribution in [3.63, 3.8) is 0 Å². The highest BCUT2D eigenvalue weighted by Crippen LogP contribution is 2.41. The lowest BCUT2D eigenvalue weighted by Crippen LogP contribution is -2.42. The molecule has 3 aliphatic rings. The predicted molar refractivity (Wildman–Crippen MR) is 77.2 cm³/mol. The number of nitrogens with one attached hydrogen (secondary N) is 1. The van der Waals surface area contributed by atoms with Gasteiger partial charge < -0.3 is 10.1 Å². The lowest BCUT2D eigenvalue weighted by molar-refractivity contribution is 0.116. The van der Waals surface area contributed by atoms with E-state index in [1.54, 1.807) is 0 Å². The van der Waals surface area contributed by atoms with Gasteiger partial charge in [0.05, 0.1) is 12.1 Å². The standard InChI is InChI=1S/C14H24N2OS/c1-11-12(5-8-17-11)16-13-15-9-14(10-18-13)6-3-2-4-7-14/h11-12H,2-10H2,1H3,(H,15,16). The quantitative estimate of drug-likeness (QED) is 0.794. The second kappa shape index (κ2) is 5.41. The molecule has 18 heavy (non-hydrogen) atoms. The smallest absolute Gasteiger partial charge is 0.156 e. The molecule has 2 unspecified atom stereocenters. The first kappa shape index (κ1) is 12.8. The summed E-state index contributed by atoms with van der Waals surface area (Å²) in [5.74, 6) is 1.26. The van der Waals surface area contributed by atoms with Gasteiger partial charge in [-0.1, -0.05) is 31.0 Å². The number of nitrogens with zero attached hydrogens (tertiary/aromatic N) is 1. The molecule has 0 aromatic carbocycles. The summed E-state index contributed by atoms with van der Waals surface area (Å²) in [4.78, 5) is 4.82. The van der Waals surface area contributed by atoms with E-state index in [2.05, 4.69) is 12.2 Å². The highest BCUT2D eigenvalue weighted by atomic mass is 32.2. The molecule has 2 heterocycles. The molecular formula is C14H24N2OS. The normalized spacial score (nSPS) is 35.5. The van der Waals surface area contributed by atoms with Crippen LogP contribution in [0.3, 0.4) is 0 Å². The number of aliphatic imine (C=N–C) groups is 1. The Hall–Kier alpha value is -0.220. The van der Waals surface area contributed by atoms with E-state index < -0.39 is 0 Å². The van der Waals surface area contributed by atoms with Crippen LogP contribution in [0.2, 0.25) is 0 Å². The number of thioether (sulfide) groups is 1. The molecule has 0 amide bonds. The van der Waals surface area contributed by atoms with Crippen LogP contribution in [-0.4, -0.2) is 36.2 Å². The molecule has 1 spiro atoms. The van der Waals surface area contributed by atoms with E-state index in [4.69, 9.17) is 9.73 Å². The average molecular weight is 268 g/mol. The summed E-state index contributed by atoms with van der Waals surface area (Å²) < 4.78 is 5.59. The number of hydrogen-bond donors (Lipinski definition) is 1. The van der Waals surface area contributed by atoms with Crippen molar-refractivity contribution in [1.29, 1.82) is 0 Å². The highest BCUT2D eigenvalue weighted by molar-refractivity contribution is 8.13. The van der Waals surface area contributed by atoms with E-state index in [1.807, 2.05) is 11.8 Å². The molecule has 1 aliphatic carbocycles. The van der Waals surface area contributed by atoms with Gasteiger partial charge in [-0.2, -0.15) is 0 Å². The summed E-state index contributed by atoms with van der Waals surface area (Å²) in [6, 6.07) is 0.469. The van der Waals surface area contributed by atoms with Crippen LogP contribution in [0.15, 0.2) is 4.99 Å². The molecule has 0 bridgehead atoms. The Bertz CT molecular complexity index is 326. The SMILES string of the molecule is CC1OCCC1NC1=NCC2(CCCCC2)CS1. The first-order valence-electron chi connectivity index (χ1n) is 7.33. The summed E-state index contributed by atoms with van der Waals surface area (Å²) >= 11 is 1.94. The maximum atomic E-state index is 5.59. The number of ether oxygens (including phenoxy) is 1. The summed E-state index contributed by atoms with van der Waals surface area (Å²) in [5.41, 5.74) is 0.534. The molecule has 0 aromatic heterocycles. The van der Waals surface area contributed by atoms with Crippen LogP contribution in [0.25, 0.3) is 0 Å². The topological polar surface area (TPSA) is 33.6 Å². The van der Waals surface area contributed by atoms with E-state index in [0.717, 1.165) is 24.7 Å². The summed E-state index contributed by atoms with van der Waals surface area (Å²) in [6.45, 7) is 4.09. The maximum Gasteiger partial charge on any atom is 0.156 e. The molecule has 4 heteroatoms. The van der Waals surface area contributed by atoms with Crippen LogP contribution in [0.4, 0.5) is 0 Å². The van der Waals surface area contributed by atoms with E-state index in [-0.39, 0.29) is 0 Å². The first-order chi connectivity index (χ1) is 8.77. The Morgan fingerprint density at radius 1 is 1.33 bits per heavy atom. The van der Waals surface area contributed by atoms with Crippen molar-refractivity contribution in [3.05, 3.63) is 0 Å². The molecule has 0 aromatic rings. The van der Waals surface area contributed by atoms with Gasteiger partial charge in [-0.3, -0.25) is 4.99 Å². The molecule has 1 N–H and O–H groups in total. The van der Waals surface area contributed by atoms with Gasteiger partial charge in [0, 0.05) is 18.9 Å². The Kier molecular flexibility index (Phi) is 3.85. The molecular weight excluding hydrogens is 244 g/mol. The lowest BCUT2D eigenvalue weighted by atomic mass is 9.75. The maximum absolute atomic E-state index is 5.59. The van der Waals surface area contributed by atoms with Crippen LogP contribution >= 0.6 is 11.8 Å². The van der Waals surface area contributed by atoms with Gasteiger partial charge in [0.15, 0.2) is 5.17 Å². The molecule has 102 valence electrons. The minimum atomic E-state index is 0.332. The fourth-order valence-electron chi connectivity index (χ4n) is 3.32. The van der Waals surface area contributed by atoms with Crippen molar-refractivity contribution in [2.24, 2.45) is 10.4 Å². The van der Waals surface area contributed by atoms with Crippen LogP contribution < -0.4 is 5.32 Å². The van der Waals surface area contributed by atoms with Crippen LogP contribution in [0.1, 0.15) is 45.4 Å². The molecule has 2 fully saturated rings. The van der Waals surface area contributed by atoms with Crippen molar-refractivity contribution < 1.29 is 4.74 Å². The van der Waals surface area contributed by atoms with E-state index >= 15 is 0 Å². The summed E-state index contributed by atoms with van der Waals surface area (Å²) in [5, 5.41) is 4.74. The molecule has 0 radical (unpaired) electrons. The van der Waals surface area contributed by atoms with E-state index in [0.29, 0.717) is 17.6 Å². The largest absolute Gasteiger partial charge is 0.376 e. The molecule has 2 aliphatic heterocycles. The summed E-state index contributed by atoms with van der Waals surface area (Å²) in [6.07, 6.45) is 8.47. The number of amidine groups is 1. The third-order valence-corrected chi connectivity index (χ3v) is 5.95. The van der Waals surface area contributed by atoms with E-state index in [1.165, 1.54) is 37.9 Å². The van der Waals surface area contributed by atoms with Crippen molar-refractivity contribution in [2.75, 3.05) is 18.9 Å². The Morgan fingerprint density at radius 3 is 2.78 bits per heavy atom. The monoisotopic (exact) mass is 268 g/mol.